The molecule has 0 spiro atoms. The molecule has 7 heteroatoms. The molecule has 0 unspecified atom stereocenters. The first-order chi connectivity index (χ1) is 12.7. The van der Waals surface area contributed by atoms with E-state index in [0.717, 1.165) is 15.6 Å². The SMILES string of the molecule is CCN(Cc1ccc(N(C)C)cc1)C(=O)c1ccc(S(=O)(=O)N(C)C)cc1. The number of hydrogen-bond donors (Lipinski definition) is 0. The summed E-state index contributed by atoms with van der Waals surface area (Å²) in [4.78, 5) is 16.7. The van der Waals surface area contributed by atoms with Gasteiger partial charge in [-0.15, -0.1) is 0 Å². The van der Waals surface area contributed by atoms with E-state index in [0.29, 0.717) is 18.7 Å². The van der Waals surface area contributed by atoms with Crippen LogP contribution in [0.15, 0.2) is 53.4 Å². The summed E-state index contributed by atoms with van der Waals surface area (Å²) in [5.74, 6) is -0.122. The third kappa shape index (κ3) is 4.87. The van der Waals surface area contributed by atoms with E-state index in [-0.39, 0.29) is 10.8 Å². The first-order valence-electron chi connectivity index (χ1n) is 8.75. The maximum Gasteiger partial charge on any atom is 0.254 e. The van der Waals surface area contributed by atoms with Crippen molar-refractivity contribution in [2.45, 2.75) is 18.4 Å². The van der Waals surface area contributed by atoms with Gasteiger partial charge in [-0.1, -0.05) is 12.1 Å². The number of nitrogens with zero attached hydrogens (tertiary/aromatic N) is 3. The summed E-state index contributed by atoms with van der Waals surface area (Å²) in [7, 11) is 3.43. The van der Waals surface area contributed by atoms with E-state index in [4.69, 9.17) is 0 Å². The maximum absolute atomic E-state index is 12.8. The van der Waals surface area contributed by atoms with Crippen LogP contribution in [0.1, 0.15) is 22.8 Å². The van der Waals surface area contributed by atoms with Crippen LogP contribution in [0.5, 0.6) is 0 Å². The standard InChI is InChI=1S/C20H27N3O3S/c1-6-23(15-16-7-11-18(12-8-16)21(2)3)20(24)17-9-13-19(14-10-17)27(25,26)22(4)5/h7-14H,6,15H2,1-5H3. The Morgan fingerprint density at radius 3 is 1.89 bits per heavy atom. The number of carbonyl (C=O) groups is 1. The Balaban J connectivity index is 2.16. The molecule has 2 aromatic carbocycles. The Labute approximate surface area is 162 Å². The van der Waals surface area contributed by atoms with Gasteiger partial charge in [0.1, 0.15) is 0 Å². The normalized spacial score (nSPS) is 11.5. The van der Waals surface area contributed by atoms with Crippen molar-refractivity contribution in [2.24, 2.45) is 0 Å². The summed E-state index contributed by atoms with van der Waals surface area (Å²) >= 11 is 0. The lowest BCUT2D eigenvalue weighted by Crippen LogP contribution is -2.30. The zero-order valence-electron chi connectivity index (χ0n) is 16.5. The van der Waals surface area contributed by atoms with Crippen LogP contribution < -0.4 is 4.90 Å². The van der Waals surface area contributed by atoms with E-state index < -0.39 is 10.0 Å². The van der Waals surface area contributed by atoms with Gasteiger partial charge in [0.05, 0.1) is 4.90 Å². The highest BCUT2D eigenvalue weighted by Crippen LogP contribution is 2.17. The number of rotatable bonds is 7. The van der Waals surface area contributed by atoms with Gasteiger partial charge in [0, 0.05) is 52.5 Å². The smallest absolute Gasteiger partial charge is 0.254 e. The average Bonchev–Trinajstić information content (AvgIpc) is 2.65. The number of hydrogen-bond acceptors (Lipinski definition) is 4. The van der Waals surface area contributed by atoms with Gasteiger partial charge in [-0.3, -0.25) is 4.79 Å². The second-order valence-electron chi connectivity index (χ2n) is 6.69. The second-order valence-corrected chi connectivity index (χ2v) is 8.84. The predicted molar refractivity (Wildman–Crippen MR) is 108 cm³/mol. The first kappa shape index (κ1) is 20.9. The van der Waals surface area contributed by atoms with Crippen molar-refractivity contribution in [2.75, 3.05) is 39.6 Å². The minimum absolute atomic E-state index is 0.122. The van der Waals surface area contributed by atoms with Crippen molar-refractivity contribution < 1.29 is 13.2 Å². The molecule has 6 nitrogen and oxygen atoms in total. The number of anilines is 1. The van der Waals surface area contributed by atoms with Crippen molar-refractivity contribution in [1.82, 2.24) is 9.21 Å². The minimum atomic E-state index is -3.50. The lowest BCUT2D eigenvalue weighted by atomic mass is 10.1. The van der Waals surface area contributed by atoms with Crippen LogP contribution in [0.4, 0.5) is 5.69 Å². The Hall–Kier alpha value is -2.38. The predicted octanol–water partition coefficient (Wildman–Crippen LogP) is 2.67. The molecule has 146 valence electrons. The molecule has 0 saturated carbocycles. The van der Waals surface area contributed by atoms with E-state index in [9.17, 15) is 13.2 Å². The second kappa shape index (κ2) is 8.54. The van der Waals surface area contributed by atoms with Crippen LogP contribution in [0.2, 0.25) is 0 Å². The quantitative estimate of drug-likeness (QED) is 0.730. The first-order valence-corrected chi connectivity index (χ1v) is 10.2. The van der Waals surface area contributed by atoms with Crippen LogP contribution in [0.3, 0.4) is 0 Å². The van der Waals surface area contributed by atoms with Crippen molar-refractivity contribution in [1.29, 1.82) is 0 Å². The number of sulfonamides is 1. The van der Waals surface area contributed by atoms with Gasteiger partial charge in [0.2, 0.25) is 10.0 Å². The number of carbonyl (C=O) groups excluding carboxylic acids is 1. The molecule has 0 saturated heterocycles. The molecule has 0 fully saturated rings. The summed E-state index contributed by atoms with van der Waals surface area (Å²) < 4.78 is 25.4. The fourth-order valence-electron chi connectivity index (χ4n) is 2.61. The zero-order chi connectivity index (χ0) is 20.2. The van der Waals surface area contributed by atoms with Gasteiger partial charge in [-0.05, 0) is 48.9 Å². The third-order valence-corrected chi connectivity index (χ3v) is 6.20. The number of benzene rings is 2. The van der Waals surface area contributed by atoms with Crippen LogP contribution >= 0.6 is 0 Å². The van der Waals surface area contributed by atoms with Gasteiger partial charge < -0.3 is 9.80 Å². The van der Waals surface area contributed by atoms with Gasteiger partial charge in [0.25, 0.3) is 5.91 Å². The zero-order valence-corrected chi connectivity index (χ0v) is 17.3. The molecule has 0 aliphatic heterocycles. The van der Waals surface area contributed by atoms with Crippen molar-refractivity contribution in [3.63, 3.8) is 0 Å². The van der Waals surface area contributed by atoms with E-state index in [2.05, 4.69) is 0 Å². The maximum atomic E-state index is 12.8. The van der Waals surface area contributed by atoms with Crippen LogP contribution in [-0.2, 0) is 16.6 Å². The van der Waals surface area contributed by atoms with E-state index in [1.54, 1.807) is 17.0 Å². The highest BCUT2D eigenvalue weighted by molar-refractivity contribution is 7.89. The van der Waals surface area contributed by atoms with E-state index in [1.807, 2.05) is 50.2 Å². The molecular weight excluding hydrogens is 362 g/mol. The topological polar surface area (TPSA) is 60.9 Å². The van der Waals surface area contributed by atoms with Gasteiger partial charge in [-0.25, -0.2) is 12.7 Å². The molecule has 0 atom stereocenters. The highest BCUT2D eigenvalue weighted by atomic mass is 32.2. The lowest BCUT2D eigenvalue weighted by Gasteiger charge is -2.22. The summed E-state index contributed by atoms with van der Waals surface area (Å²) in [5, 5.41) is 0. The van der Waals surface area contributed by atoms with E-state index >= 15 is 0 Å². The largest absolute Gasteiger partial charge is 0.378 e. The molecule has 0 aromatic heterocycles. The monoisotopic (exact) mass is 389 g/mol. The van der Waals surface area contributed by atoms with Crippen molar-refractivity contribution in [3.8, 4) is 0 Å². The molecule has 0 heterocycles. The van der Waals surface area contributed by atoms with Crippen molar-refractivity contribution >= 4 is 21.6 Å². The molecule has 0 aliphatic carbocycles. The summed E-state index contributed by atoms with van der Waals surface area (Å²) in [6, 6.07) is 14.1. The Kier molecular flexibility index (Phi) is 6.62. The van der Waals surface area contributed by atoms with Gasteiger partial charge in [-0.2, -0.15) is 0 Å². The van der Waals surface area contributed by atoms with Crippen LogP contribution in [-0.4, -0.2) is 58.3 Å². The van der Waals surface area contributed by atoms with E-state index in [1.165, 1.54) is 26.2 Å². The molecule has 0 aliphatic rings. The third-order valence-electron chi connectivity index (χ3n) is 4.37. The Bertz CT molecular complexity index is 874. The molecule has 0 bridgehead atoms. The molecular formula is C20H27N3O3S. The van der Waals surface area contributed by atoms with Gasteiger partial charge in [0.15, 0.2) is 0 Å². The summed E-state index contributed by atoms with van der Waals surface area (Å²) in [6.45, 7) is 2.99. The lowest BCUT2D eigenvalue weighted by molar-refractivity contribution is 0.0752. The minimum Gasteiger partial charge on any atom is -0.378 e. The fourth-order valence-corrected chi connectivity index (χ4v) is 3.51. The summed E-state index contributed by atoms with van der Waals surface area (Å²) in [5.41, 5.74) is 2.62. The van der Waals surface area contributed by atoms with Crippen LogP contribution in [0.25, 0.3) is 0 Å². The molecule has 1 amide bonds. The molecule has 2 rings (SSSR count). The van der Waals surface area contributed by atoms with Crippen LogP contribution in [0, 0.1) is 0 Å². The average molecular weight is 390 g/mol. The molecule has 0 radical (unpaired) electrons. The Morgan fingerprint density at radius 1 is 0.889 bits per heavy atom. The fraction of sp³-hybridized carbons (Fsp3) is 0.350. The highest BCUT2D eigenvalue weighted by Gasteiger charge is 2.19. The van der Waals surface area contributed by atoms with Gasteiger partial charge >= 0.3 is 0 Å². The molecule has 0 N–H and O–H groups in total. The molecule has 2 aromatic rings. The molecule has 27 heavy (non-hydrogen) atoms. The van der Waals surface area contributed by atoms with Crippen molar-refractivity contribution in [3.05, 3.63) is 59.7 Å². The number of amides is 1. The summed E-state index contributed by atoms with van der Waals surface area (Å²) in [6.07, 6.45) is 0. The Morgan fingerprint density at radius 2 is 1.44 bits per heavy atom.